The predicted molar refractivity (Wildman–Crippen MR) is 224 cm³/mol. The number of nitrogens with one attached hydrogen (secondary N) is 3. The molecule has 3 fully saturated rings. The SMILES string of the molecule is CCC1CC(C)CCC=CC2CC2(C(=O)NS(=O)(=O)C2(C)CC2)NC(=O)C2CC(Oc3nc4c(c5cc(OC)ccc35)CCCO4)CN2C(=O)C1CNC(=O)OC(C)(C)C(F)F. The Morgan fingerprint density at radius 1 is 1.16 bits per heavy atom. The van der Waals surface area contributed by atoms with Gasteiger partial charge in [-0.1, -0.05) is 32.4 Å². The Balaban J connectivity index is 1.24. The number of benzene rings is 1. The first-order valence-electron chi connectivity index (χ1n) is 21.7. The lowest BCUT2D eigenvalue weighted by molar-refractivity contribution is -0.144. The molecular weight excluding hydrogens is 829 g/mol. The molecule has 15 nitrogen and oxygen atoms in total. The normalized spacial score (nSPS) is 28.6. The van der Waals surface area contributed by atoms with Crippen LogP contribution >= 0.6 is 0 Å². The van der Waals surface area contributed by atoms with E-state index in [0.717, 1.165) is 44.1 Å². The molecule has 0 spiro atoms. The van der Waals surface area contributed by atoms with Crippen LogP contribution in [0.25, 0.3) is 10.8 Å². The molecule has 2 aromatic rings. The highest BCUT2D eigenvalue weighted by Gasteiger charge is 2.63. The molecule has 4 heterocycles. The Morgan fingerprint density at radius 2 is 1.92 bits per heavy atom. The predicted octanol–water partition coefficient (Wildman–Crippen LogP) is 5.58. The number of fused-ring (bicyclic) bond motifs is 5. The van der Waals surface area contributed by atoms with E-state index in [0.29, 0.717) is 55.7 Å². The molecule has 18 heteroatoms. The maximum atomic E-state index is 15.1. The van der Waals surface area contributed by atoms with Crippen LogP contribution in [0.3, 0.4) is 0 Å². The van der Waals surface area contributed by atoms with E-state index < -0.39 is 80.1 Å². The van der Waals surface area contributed by atoms with Crippen molar-refractivity contribution in [3.05, 3.63) is 35.9 Å². The Morgan fingerprint density at radius 3 is 2.61 bits per heavy atom. The van der Waals surface area contributed by atoms with E-state index in [1.54, 1.807) is 20.1 Å². The fourth-order valence-corrected chi connectivity index (χ4v) is 10.3. The minimum atomic E-state index is -4.05. The smallest absolute Gasteiger partial charge is 0.407 e. The maximum Gasteiger partial charge on any atom is 0.407 e. The van der Waals surface area contributed by atoms with Gasteiger partial charge in [-0.2, -0.15) is 4.98 Å². The first-order chi connectivity index (χ1) is 29.3. The van der Waals surface area contributed by atoms with Crippen molar-refractivity contribution in [2.75, 3.05) is 26.8 Å². The van der Waals surface area contributed by atoms with Gasteiger partial charge in [-0.25, -0.2) is 22.0 Å². The minimum absolute atomic E-state index is 0.0264. The quantitative estimate of drug-likeness (QED) is 0.239. The van der Waals surface area contributed by atoms with Crippen molar-refractivity contribution in [1.29, 1.82) is 0 Å². The molecule has 7 rings (SSSR count). The Kier molecular flexibility index (Phi) is 12.7. The third kappa shape index (κ3) is 9.16. The lowest BCUT2D eigenvalue weighted by Crippen LogP contribution is -2.58. The average Bonchev–Trinajstić information content (AvgIpc) is 4.11. The van der Waals surface area contributed by atoms with Crippen LogP contribution in [0.15, 0.2) is 30.4 Å². The van der Waals surface area contributed by atoms with Crippen molar-refractivity contribution >= 4 is 44.6 Å². The highest BCUT2D eigenvalue weighted by Crippen LogP contribution is 2.48. The Labute approximate surface area is 361 Å². The van der Waals surface area contributed by atoms with Crippen LogP contribution in [0.4, 0.5) is 13.6 Å². The molecular formula is C44H59F2N5O10S. The van der Waals surface area contributed by atoms with Crippen LogP contribution < -0.4 is 29.6 Å². The molecule has 340 valence electrons. The number of hydrogen-bond donors (Lipinski definition) is 3. The summed E-state index contributed by atoms with van der Waals surface area (Å²) in [5.41, 5.74) is -2.77. The highest BCUT2D eigenvalue weighted by molar-refractivity contribution is 7.91. The molecule has 7 unspecified atom stereocenters. The number of carbonyl (C=O) groups is 4. The number of halogens is 2. The average molecular weight is 888 g/mol. The van der Waals surface area contributed by atoms with Crippen LogP contribution in [-0.4, -0.2) is 103 Å². The van der Waals surface area contributed by atoms with Gasteiger partial charge in [0.15, 0.2) is 5.60 Å². The number of nitrogens with zero attached hydrogens (tertiary/aromatic N) is 2. The van der Waals surface area contributed by atoms with E-state index in [4.69, 9.17) is 23.9 Å². The number of alkyl carbamates (subject to hydrolysis) is 1. The van der Waals surface area contributed by atoms with Gasteiger partial charge in [0.25, 0.3) is 12.3 Å². The third-order valence-electron chi connectivity index (χ3n) is 13.4. The number of aryl methyl sites for hydroxylation is 1. The molecule has 3 aliphatic heterocycles. The number of hydrogen-bond acceptors (Lipinski definition) is 11. The van der Waals surface area contributed by atoms with Crippen molar-refractivity contribution in [3.63, 3.8) is 0 Å². The van der Waals surface area contributed by atoms with Gasteiger partial charge >= 0.3 is 6.09 Å². The maximum absolute atomic E-state index is 15.1. The molecule has 4 amide bonds. The third-order valence-corrected chi connectivity index (χ3v) is 15.6. The summed E-state index contributed by atoms with van der Waals surface area (Å²) in [5, 5.41) is 6.97. The Bertz CT molecular complexity index is 2220. The van der Waals surface area contributed by atoms with Gasteiger partial charge in [0.1, 0.15) is 23.4 Å². The topological polar surface area (TPSA) is 192 Å². The van der Waals surface area contributed by atoms with E-state index in [1.165, 1.54) is 4.90 Å². The zero-order chi connectivity index (χ0) is 44.8. The van der Waals surface area contributed by atoms with Gasteiger partial charge in [-0.3, -0.25) is 19.1 Å². The van der Waals surface area contributed by atoms with Crippen molar-refractivity contribution in [2.45, 2.75) is 133 Å². The van der Waals surface area contributed by atoms with Crippen LogP contribution in [0.5, 0.6) is 17.5 Å². The van der Waals surface area contributed by atoms with Crippen molar-refractivity contribution in [2.24, 2.45) is 23.7 Å². The summed E-state index contributed by atoms with van der Waals surface area (Å²) in [4.78, 5) is 63.1. The molecule has 0 radical (unpaired) electrons. The van der Waals surface area contributed by atoms with Gasteiger partial charge in [0, 0.05) is 29.8 Å². The molecule has 2 aliphatic carbocycles. The van der Waals surface area contributed by atoms with Crippen LogP contribution in [-0.2, 0) is 35.6 Å². The second-order valence-electron chi connectivity index (χ2n) is 18.5. The molecule has 3 N–H and O–H groups in total. The van der Waals surface area contributed by atoms with E-state index in [9.17, 15) is 31.6 Å². The monoisotopic (exact) mass is 887 g/mol. The van der Waals surface area contributed by atoms with Crippen LogP contribution in [0.2, 0.25) is 0 Å². The van der Waals surface area contributed by atoms with Crippen molar-refractivity contribution < 1.29 is 55.3 Å². The zero-order valence-electron chi connectivity index (χ0n) is 36.3. The number of aromatic nitrogens is 1. The number of amides is 4. The fraction of sp³-hybridized carbons (Fsp3) is 0.659. The number of alkyl halides is 2. The van der Waals surface area contributed by atoms with Gasteiger partial charge in [-0.15, -0.1) is 0 Å². The van der Waals surface area contributed by atoms with E-state index >= 15 is 4.79 Å². The minimum Gasteiger partial charge on any atom is -0.497 e. The largest absolute Gasteiger partial charge is 0.497 e. The van der Waals surface area contributed by atoms with Gasteiger partial charge < -0.3 is 34.5 Å². The van der Waals surface area contributed by atoms with Gasteiger partial charge in [0.05, 0.1) is 30.9 Å². The Hall–Kier alpha value is -4.74. The lowest BCUT2D eigenvalue weighted by Gasteiger charge is -2.34. The number of carbonyl (C=O) groups excluding carboxylic acids is 4. The van der Waals surface area contributed by atoms with E-state index in [2.05, 4.69) is 22.3 Å². The van der Waals surface area contributed by atoms with Gasteiger partial charge in [0.2, 0.25) is 33.6 Å². The zero-order valence-corrected chi connectivity index (χ0v) is 37.1. The number of allylic oxidation sites excluding steroid dienone is 1. The number of sulfonamides is 1. The number of rotatable bonds is 11. The molecule has 0 bridgehead atoms. The fourth-order valence-electron chi connectivity index (χ4n) is 8.96. The first-order valence-corrected chi connectivity index (χ1v) is 23.2. The number of ether oxygens (including phenoxy) is 4. The number of methoxy groups -OCH3 is 1. The summed E-state index contributed by atoms with van der Waals surface area (Å²) in [6.07, 6.45) is 3.81. The molecule has 7 atom stereocenters. The summed E-state index contributed by atoms with van der Waals surface area (Å²) in [6.45, 7) is 7.86. The summed E-state index contributed by atoms with van der Waals surface area (Å²) in [6, 6.07) is 4.31. The molecule has 62 heavy (non-hydrogen) atoms. The summed E-state index contributed by atoms with van der Waals surface area (Å²) in [5.74, 6) is -2.36. The standard InChI is InChI=1S/C44H59F2N5O10S/c1-7-26-19-25(2)11-8-9-12-27-22-44(27,40(54)50-62(56,57)43(5)16-17-43)49-35(52)34-21-29(24-51(34)38(53)33(26)23-47-41(55)61-42(3,4)39(45)46)60-37-31-15-14-28(58-6)20-32(31)30-13-10-18-59-36(30)48-37/h9,12,14-15,20,25-27,29,33-34,39H,7-8,10-11,13,16-19,21-24H2,1-6H3,(H,47,55)(H,49,52)(H,50,54). The van der Waals surface area contributed by atoms with Crippen LogP contribution in [0, 0.1) is 23.7 Å². The molecule has 2 saturated carbocycles. The van der Waals surface area contributed by atoms with E-state index in [1.807, 2.05) is 31.2 Å². The first kappa shape index (κ1) is 45.3. The molecule has 5 aliphatic rings. The second-order valence-corrected chi connectivity index (χ2v) is 20.7. The molecule has 1 saturated heterocycles. The molecule has 1 aromatic carbocycles. The lowest BCUT2D eigenvalue weighted by atomic mass is 9.80. The van der Waals surface area contributed by atoms with Gasteiger partial charge in [-0.05, 0) is 108 Å². The van der Waals surface area contributed by atoms with Crippen molar-refractivity contribution in [3.8, 4) is 17.5 Å². The summed E-state index contributed by atoms with van der Waals surface area (Å²) < 4.78 is 78.3. The number of pyridine rings is 1. The van der Waals surface area contributed by atoms with Crippen LogP contribution in [0.1, 0.15) is 98.0 Å². The summed E-state index contributed by atoms with van der Waals surface area (Å²) in [7, 11) is -2.48. The summed E-state index contributed by atoms with van der Waals surface area (Å²) >= 11 is 0. The highest BCUT2D eigenvalue weighted by atomic mass is 32.2. The van der Waals surface area contributed by atoms with Crippen molar-refractivity contribution in [1.82, 2.24) is 25.2 Å². The molecule has 1 aromatic heterocycles. The van der Waals surface area contributed by atoms with E-state index in [-0.39, 0.29) is 43.6 Å². The second kappa shape index (κ2) is 17.4.